The number of pyridine rings is 1. The SMILES string of the molecule is C/C(=C(/N)N(C)Cc1ccc(Cl)nc1)[N+](=O)[O-]. The summed E-state index contributed by atoms with van der Waals surface area (Å²) in [5.74, 6) is 0.130. The molecule has 92 valence electrons. The Kier molecular flexibility index (Phi) is 4.28. The number of rotatable bonds is 4. The summed E-state index contributed by atoms with van der Waals surface area (Å²) in [6.07, 6.45) is 1.60. The van der Waals surface area contributed by atoms with Crippen molar-refractivity contribution in [2.75, 3.05) is 7.05 Å². The highest BCUT2D eigenvalue weighted by molar-refractivity contribution is 6.29. The van der Waals surface area contributed by atoms with Gasteiger partial charge in [0.2, 0.25) is 0 Å². The van der Waals surface area contributed by atoms with Crippen molar-refractivity contribution in [1.82, 2.24) is 9.88 Å². The van der Waals surface area contributed by atoms with Gasteiger partial charge in [-0.1, -0.05) is 17.7 Å². The molecule has 0 bridgehead atoms. The van der Waals surface area contributed by atoms with Crippen LogP contribution in [0.25, 0.3) is 0 Å². The maximum atomic E-state index is 10.6. The predicted octanol–water partition coefficient (Wildman–Crippen LogP) is 1.59. The first-order valence-corrected chi connectivity index (χ1v) is 5.22. The summed E-state index contributed by atoms with van der Waals surface area (Å²) >= 11 is 5.65. The van der Waals surface area contributed by atoms with Gasteiger partial charge >= 0.3 is 0 Å². The molecule has 0 unspecified atom stereocenters. The number of nitrogens with zero attached hydrogens (tertiary/aromatic N) is 3. The van der Waals surface area contributed by atoms with Gasteiger partial charge in [0.15, 0.2) is 5.82 Å². The van der Waals surface area contributed by atoms with Crippen molar-refractivity contribution in [3.05, 3.63) is 50.7 Å². The lowest BCUT2D eigenvalue weighted by Gasteiger charge is -2.18. The molecule has 0 amide bonds. The molecule has 2 N–H and O–H groups in total. The van der Waals surface area contributed by atoms with Gasteiger partial charge in [0.1, 0.15) is 5.15 Å². The van der Waals surface area contributed by atoms with Gasteiger partial charge in [0.25, 0.3) is 5.70 Å². The quantitative estimate of drug-likeness (QED) is 0.502. The third kappa shape index (κ3) is 3.60. The summed E-state index contributed by atoms with van der Waals surface area (Å²) in [6.45, 7) is 1.80. The third-order valence-corrected chi connectivity index (χ3v) is 2.49. The normalized spacial score (nSPS) is 11.9. The Morgan fingerprint density at radius 3 is 2.76 bits per heavy atom. The Hall–Kier alpha value is -1.82. The van der Waals surface area contributed by atoms with Crippen molar-refractivity contribution in [2.24, 2.45) is 5.73 Å². The van der Waals surface area contributed by atoms with Gasteiger partial charge in [-0.25, -0.2) is 4.98 Å². The van der Waals surface area contributed by atoms with E-state index in [2.05, 4.69) is 4.98 Å². The number of hydrogen-bond donors (Lipinski definition) is 1. The topological polar surface area (TPSA) is 85.3 Å². The number of nitrogens with two attached hydrogens (primary N) is 1. The lowest BCUT2D eigenvalue weighted by Crippen LogP contribution is -2.26. The number of nitro groups is 1. The second-order valence-corrected chi connectivity index (χ2v) is 3.96. The first kappa shape index (κ1) is 13.2. The van der Waals surface area contributed by atoms with Crippen LogP contribution in [0.1, 0.15) is 12.5 Å². The molecular formula is C10H13ClN4O2. The van der Waals surface area contributed by atoms with Crippen LogP contribution in [-0.2, 0) is 6.54 Å². The summed E-state index contributed by atoms with van der Waals surface area (Å²) in [5, 5.41) is 11.0. The van der Waals surface area contributed by atoms with Gasteiger partial charge in [-0.05, 0) is 11.6 Å². The fourth-order valence-electron chi connectivity index (χ4n) is 1.23. The average molecular weight is 257 g/mol. The summed E-state index contributed by atoms with van der Waals surface area (Å²) in [5.41, 5.74) is 6.45. The Labute approximate surface area is 104 Å². The molecule has 0 radical (unpaired) electrons. The van der Waals surface area contributed by atoms with Crippen LogP contribution < -0.4 is 5.73 Å². The van der Waals surface area contributed by atoms with Crippen LogP contribution in [0.15, 0.2) is 29.8 Å². The molecule has 0 fully saturated rings. The molecule has 1 heterocycles. The van der Waals surface area contributed by atoms with Gasteiger partial charge in [-0.2, -0.15) is 0 Å². The fraction of sp³-hybridized carbons (Fsp3) is 0.300. The Morgan fingerprint density at radius 2 is 2.29 bits per heavy atom. The second kappa shape index (κ2) is 5.49. The first-order chi connectivity index (χ1) is 7.91. The van der Waals surface area contributed by atoms with Crippen LogP contribution in [0.2, 0.25) is 5.15 Å². The average Bonchev–Trinajstić information content (AvgIpc) is 2.30. The van der Waals surface area contributed by atoms with E-state index in [1.807, 2.05) is 0 Å². The van der Waals surface area contributed by atoms with E-state index in [0.29, 0.717) is 11.7 Å². The molecule has 17 heavy (non-hydrogen) atoms. The zero-order chi connectivity index (χ0) is 13.0. The van der Waals surface area contributed by atoms with Crippen LogP contribution in [0.5, 0.6) is 0 Å². The van der Waals surface area contributed by atoms with E-state index in [1.165, 1.54) is 6.92 Å². The van der Waals surface area contributed by atoms with E-state index in [1.54, 1.807) is 30.3 Å². The van der Waals surface area contributed by atoms with E-state index >= 15 is 0 Å². The van der Waals surface area contributed by atoms with Crippen LogP contribution in [0.3, 0.4) is 0 Å². The maximum Gasteiger partial charge on any atom is 0.282 e. The predicted molar refractivity (Wildman–Crippen MR) is 64.6 cm³/mol. The lowest BCUT2D eigenvalue weighted by atomic mass is 10.2. The van der Waals surface area contributed by atoms with Gasteiger partial charge in [0.05, 0.1) is 4.92 Å². The molecule has 7 heteroatoms. The zero-order valence-corrected chi connectivity index (χ0v) is 10.3. The van der Waals surface area contributed by atoms with E-state index in [-0.39, 0.29) is 11.5 Å². The fourth-order valence-corrected chi connectivity index (χ4v) is 1.34. The van der Waals surface area contributed by atoms with Crippen molar-refractivity contribution in [2.45, 2.75) is 13.5 Å². The van der Waals surface area contributed by atoms with Crippen LogP contribution in [0, 0.1) is 10.1 Å². The molecule has 1 aromatic rings. The maximum absolute atomic E-state index is 10.6. The Morgan fingerprint density at radius 1 is 1.65 bits per heavy atom. The van der Waals surface area contributed by atoms with E-state index in [4.69, 9.17) is 17.3 Å². The highest BCUT2D eigenvalue weighted by atomic mass is 35.5. The number of halogens is 1. The minimum absolute atomic E-state index is 0.0746. The minimum Gasteiger partial charge on any atom is -0.380 e. The summed E-state index contributed by atoms with van der Waals surface area (Å²) in [6, 6.07) is 3.45. The second-order valence-electron chi connectivity index (χ2n) is 3.57. The number of hydrogen-bond acceptors (Lipinski definition) is 5. The van der Waals surface area contributed by atoms with Gasteiger partial charge in [-0.3, -0.25) is 10.1 Å². The van der Waals surface area contributed by atoms with Crippen molar-refractivity contribution in [3.63, 3.8) is 0 Å². The minimum atomic E-state index is -0.508. The standard InChI is InChI=1S/C10H13ClN4O2/c1-7(15(16)17)10(12)14(2)6-8-3-4-9(11)13-5-8/h3-5H,6,12H2,1-2H3/b10-7+. The van der Waals surface area contributed by atoms with Gasteiger partial charge in [-0.15, -0.1) is 0 Å². The number of aromatic nitrogens is 1. The van der Waals surface area contributed by atoms with E-state index in [9.17, 15) is 10.1 Å². The molecule has 0 aliphatic rings. The summed E-state index contributed by atoms with van der Waals surface area (Å²) < 4.78 is 0. The smallest absolute Gasteiger partial charge is 0.282 e. The van der Waals surface area contributed by atoms with E-state index < -0.39 is 4.92 Å². The van der Waals surface area contributed by atoms with Crippen molar-refractivity contribution >= 4 is 11.6 Å². The zero-order valence-electron chi connectivity index (χ0n) is 9.55. The highest BCUT2D eigenvalue weighted by Gasteiger charge is 2.13. The third-order valence-electron chi connectivity index (χ3n) is 2.26. The van der Waals surface area contributed by atoms with Crippen LogP contribution >= 0.6 is 11.6 Å². The molecule has 0 spiro atoms. The molecule has 0 saturated carbocycles. The lowest BCUT2D eigenvalue weighted by molar-refractivity contribution is -0.426. The first-order valence-electron chi connectivity index (χ1n) is 4.84. The molecule has 0 aliphatic carbocycles. The van der Waals surface area contributed by atoms with Crippen molar-refractivity contribution in [3.8, 4) is 0 Å². The largest absolute Gasteiger partial charge is 0.380 e. The van der Waals surface area contributed by atoms with Crippen molar-refractivity contribution in [1.29, 1.82) is 0 Å². The van der Waals surface area contributed by atoms with Crippen LogP contribution in [-0.4, -0.2) is 21.9 Å². The molecule has 0 aliphatic heterocycles. The van der Waals surface area contributed by atoms with Gasteiger partial charge in [0, 0.05) is 26.7 Å². The monoisotopic (exact) mass is 256 g/mol. The molecule has 1 aromatic heterocycles. The highest BCUT2D eigenvalue weighted by Crippen LogP contribution is 2.10. The molecule has 6 nitrogen and oxygen atoms in total. The van der Waals surface area contributed by atoms with Gasteiger partial charge < -0.3 is 10.6 Å². The summed E-state index contributed by atoms with van der Waals surface area (Å²) in [7, 11) is 1.68. The Bertz CT molecular complexity index is 444. The Balaban J connectivity index is 2.79. The summed E-state index contributed by atoms with van der Waals surface area (Å²) in [4.78, 5) is 15.6. The number of allylic oxidation sites excluding steroid dienone is 1. The van der Waals surface area contributed by atoms with Crippen LogP contribution in [0.4, 0.5) is 0 Å². The molecule has 0 aromatic carbocycles. The van der Waals surface area contributed by atoms with E-state index in [0.717, 1.165) is 5.56 Å². The molecule has 1 rings (SSSR count). The van der Waals surface area contributed by atoms with Crippen molar-refractivity contribution < 1.29 is 4.92 Å². The molecule has 0 saturated heterocycles. The molecular weight excluding hydrogens is 244 g/mol. The molecule has 0 atom stereocenters.